The molecule has 1 rings (SSSR count). The van der Waals surface area contributed by atoms with Crippen LogP contribution in [0, 0.1) is 0 Å². The number of carboxylic acids is 1. The van der Waals surface area contributed by atoms with Crippen molar-refractivity contribution in [3.8, 4) is 0 Å². The molecule has 0 aromatic rings. The molecule has 0 atom stereocenters. The third-order valence-corrected chi connectivity index (χ3v) is 3.07. The van der Waals surface area contributed by atoms with Crippen molar-refractivity contribution < 1.29 is 14.7 Å². The Morgan fingerprint density at radius 3 is 2.44 bits per heavy atom. The van der Waals surface area contributed by atoms with E-state index in [1.165, 1.54) is 0 Å². The van der Waals surface area contributed by atoms with Crippen molar-refractivity contribution >= 4 is 11.9 Å². The van der Waals surface area contributed by atoms with Gasteiger partial charge in [0.1, 0.15) is 0 Å². The molecule has 1 heterocycles. The lowest BCUT2D eigenvalue weighted by Crippen LogP contribution is -2.51. The van der Waals surface area contributed by atoms with E-state index >= 15 is 0 Å². The quantitative estimate of drug-likeness (QED) is 0.607. The summed E-state index contributed by atoms with van der Waals surface area (Å²) in [6.07, 6.45) is 1.20. The summed E-state index contributed by atoms with van der Waals surface area (Å²) < 4.78 is 0. The van der Waals surface area contributed by atoms with Crippen molar-refractivity contribution in [2.45, 2.75) is 19.8 Å². The maximum Gasteiger partial charge on any atom is 0.304 e. The van der Waals surface area contributed by atoms with Gasteiger partial charge in [-0.3, -0.25) is 14.5 Å². The number of rotatable bonds is 7. The second-order valence-corrected chi connectivity index (χ2v) is 4.54. The molecule has 0 aliphatic carbocycles. The van der Waals surface area contributed by atoms with Crippen LogP contribution in [0.1, 0.15) is 19.8 Å². The lowest BCUT2D eigenvalue weighted by Gasteiger charge is -2.34. The number of nitrogens with one attached hydrogen (secondary N) is 1. The zero-order chi connectivity index (χ0) is 13.4. The van der Waals surface area contributed by atoms with Crippen LogP contribution in [0.2, 0.25) is 0 Å². The predicted molar refractivity (Wildman–Crippen MR) is 68.4 cm³/mol. The fraction of sp³-hybridized carbons (Fsp3) is 0.833. The van der Waals surface area contributed by atoms with Gasteiger partial charge < -0.3 is 15.3 Å². The molecule has 0 saturated carbocycles. The Kier molecular flexibility index (Phi) is 6.67. The first-order chi connectivity index (χ1) is 8.63. The number of carbonyl (C=O) groups excluding carboxylic acids is 1. The molecule has 0 bridgehead atoms. The maximum absolute atomic E-state index is 11.8. The van der Waals surface area contributed by atoms with Crippen LogP contribution in [-0.4, -0.2) is 72.6 Å². The van der Waals surface area contributed by atoms with E-state index in [9.17, 15) is 9.59 Å². The van der Waals surface area contributed by atoms with Gasteiger partial charge in [0.2, 0.25) is 5.91 Å². The number of hydrogen-bond donors (Lipinski definition) is 2. The van der Waals surface area contributed by atoms with Gasteiger partial charge in [0.05, 0.1) is 13.0 Å². The molecule has 0 radical (unpaired) electrons. The van der Waals surface area contributed by atoms with Crippen molar-refractivity contribution in [3.05, 3.63) is 0 Å². The SMILES string of the molecule is CCCNCC(=O)N1CCN(CCC(=O)O)CC1. The van der Waals surface area contributed by atoms with Crippen molar-refractivity contribution in [1.82, 2.24) is 15.1 Å². The molecule has 1 aliphatic heterocycles. The van der Waals surface area contributed by atoms with Crippen LogP contribution in [0.5, 0.6) is 0 Å². The zero-order valence-electron chi connectivity index (χ0n) is 11.0. The minimum absolute atomic E-state index is 0.140. The first-order valence-corrected chi connectivity index (χ1v) is 6.56. The number of carbonyl (C=O) groups is 2. The highest BCUT2D eigenvalue weighted by Gasteiger charge is 2.20. The molecule has 2 N–H and O–H groups in total. The molecule has 0 aromatic heterocycles. The minimum Gasteiger partial charge on any atom is -0.481 e. The number of aliphatic carboxylic acids is 1. The Morgan fingerprint density at radius 1 is 1.22 bits per heavy atom. The van der Waals surface area contributed by atoms with E-state index in [0.29, 0.717) is 26.2 Å². The Balaban J connectivity index is 2.17. The lowest BCUT2D eigenvalue weighted by atomic mass is 10.3. The molecule has 0 unspecified atom stereocenters. The van der Waals surface area contributed by atoms with E-state index in [1.54, 1.807) is 0 Å². The first kappa shape index (κ1) is 14.9. The second kappa shape index (κ2) is 8.05. The van der Waals surface area contributed by atoms with Crippen LogP contribution in [0.3, 0.4) is 0 Å². The zero-order valence-corrected chi connectivity index (χ0v) is 11.0. The summed E-state index contributed by atoms with van der Waals surface area (Å²) in [5, 5.41) is 11.7. The molecule has 1 fully saturated rings. The van der Waals surface area contributed by atoms with E-state index in [2.05, 4.69) is 17.1 Å². The molecule has 1 saturated heterocycles. The molecule has 1 amide bonds. The summed E-state index contributed by atoms with van der Waals surface area (Å²) in [6.45, 7) is 6.86. The summed E-state index contributed by atoms with van der Waals surface area (Å²) in [5.41, 5.74) is 0. The number of piperazine rings is 1. The van der Waals surface area contributed by atoms with Crippen LogP contribution in [0.25, 0.3) is 0 Å². The van der Waals surface area contributed by atoms with Crippen molar-refractivity contribution in [3.63, 3.8) is 0 Å². The highest BCUT2D eigenvalue weighted by molar-refractivity contribution is 5.78. The molecule has 6 nitrogen and oxygen atoms in total. The smallest absolute Gasteiger partial charge is 0.304 e. The van der Waals surface area contributed by atoms with Crippen LogP contribution >= 0.6 is 0 Å². The molecule has 104 valence electrons. The van der Waals surface area contributed by atoms with E-state index in [4.69, 9.17) is 5.11 Å². The predicted octanol–water partition coefficient (Wildman–Crippen LogP) is -0.395. The third kappa shape index (κ3) is 5.46. The monoisotopic (exact) mass is 257 g/mol. The number of hydrogen-bond acceptors (Lipinski definition) is 4. The Hall–Kier alpha value is -1.14. The summed E-state index contributed by atoms with van der Waals surface area (Å²) in [5.74, 6) is -0.626. The van der Waals surface area contributed by atoms with Gasteiger partial charge in [-0.1, -0.05) is 6.92 Å². The normalized spacial score (nSPS) is 16.8. The van der Waals surface area contributed by atoms with Crippen molar-refractivity contribution in [2.75, 3.05) is 45.8 Å². The van der Waals surface area contributed by atoms with E-state index in [-0.39, 0.29) is 12.3 Å². The first-order valence-electron chi connectivity index (χ1n) is 6.56. The second-order valence-electron chi connectivity index (χ2n) is 4.54. The Labute approximate surface area is 108 Å². The average molecular weight is 257 g/mol. The highest BCUT2D eigenvalue weighted by Crippen LogP contribution is 2.02. The maximum atomic E-state index is 11.8. The van der Waals surface area contributed by atoms with Gasteiger partial charge in [-0.25, -0.2) is 0 Å². The summed E-state index contributed by atoms with van der Waals surface area (Å²) in [7, 11) is 0. The summed E-state index contributed by atoms with van der Waals surface area (Å²) in [4.78, 5) is 26.2. The molecular formula is C12H23N3O3. The molecule has 6 heteroatoms. The summed E-state index contributed by atoms with van der Waals surface area (Å²) in [6, 6.07) is 0. The topological polar surface area (TPSA) is 72.9 Å². The molecule has 0 spiro atoms. The Bertz CT molecular complexity index is 276. The largest absolute Gasteiger partial charge is 0.481 e. The van der Waals surface area contributed by atoms with Crippen LogP contribution < -0.4 is 5.32 Å². The average Bonchev–Trinajstić information content (AvgIpc) is 2.37. The molecular weight excluding hydrogens is 234 g/mol. The van der Waals surface area contributed by atoms with E-state index < -0.39 is 5.97 Å². The fourth-order valence-corrected chi connectivity index (χ4v) is 1.96. The van der Waals surface area contributed by atoms with Gasteiger partial charge in [0, 0.05) is 32.7 Å². The van der Waals surface area contributed by atoms with Crippen LogP contribution in [0.15, 0.2) is 0 Å². The van der Waals surface area contributed by atoms with Crippen molar-refractivity contribution in [1.29, 1.82) is 0 Å². The Morgan fingerprint density at radius 2 is 1.89 bits per heavy atom. The third-order valence-electron chi connectivity index (χ3n) is 3.07. The van der Waals surface area contributed by atoms with Crippen LogP contribution in [-0.2, 0) is 9.59 Å². The van der Waals surface area contributed by atoms with Gasteiger partial charge in [-0.2, -0.15) is 0 Å². The number of carboxylic acid groups (broad SMARTS) is 1. The van der Waals surface area contributed by atoms with Gasteiger partial charge in [-0.15, -0.1) is 0 Å². The number of amides is 1. The van der Waals surface area contributed by atoms with Gasteiger partial charge in [-0.05, 0) is 13.0 Å². The van der Waals surface area contributed by atoms with Gasteiger partial charge in [0.25, 0.3) is 0 Å². The standard InChI is InChI=1S/C12H23N3O3/c1-2-4-13-10-11(16)15-8-6-14(7-9-15)5-3-12(17)18/h13H,2-10H2,1H3,(H,17,18). The molecule has 18 heavy (non-hydrogen) atoms. The highest BCUT2D eigenvalue weighted by atomic mass is 16.4. The van der Waals surface area contributed by atoms with Gasteiger partial charge in [0.15, 0.2) is 0 Å². The van der Waals surface area contributed by atoms with Gasteiger partial charge >= 0.3 is 5.97 Å². The van der Waals surface area contributed by atoms with Crippen LogP contribution in [0.4, 0.5) is 0 Å². The van der Waals surface area contributed by atoms with Crippen molar-refractivity contribution in [2.24, 2.45) is 0 Å². The molecule has 0 aromatic carbocycles. The summed E-state index contributed by atoms with van der Waals surface area (Å²) >= 11 is 0. The minimum atomic E-state index is -0.766. The fourth-order valence-electron chi connectivity index (χ4n) is 1.96. The van der Waals surface area contributed by atoms with E-state index in [0.717, 1.165) is 26.1 Å². The molecule has 1 aliphatic rings. The van der Waals surface area contributed by atoms with E-state index in [1.807, 2.05) is 4.90 Å². The lowest BCUT2D eigenvalue weighted by molar-refractivity contribution is -0.138. The number of nitrogens with zero attached hydrogens (tertiary/aromatic N) is 2.